The lowest BCUT2D eigenvalue weighted by atomic mass is 10.2. The van der Waals surface area contributed by atoms with Crippen molar-refractivity contribution >= 4 is 27.3 Å². The van der Waals surface area contributed by atoms with Crippen molar-refractivity contribution in [3.8, 4) is 11.5 Å². The minimum atomic E-state index is -3.78. The van der Waals surface area contributed by atoms with Gasteiger partial charge < -0.3 is 20.5 Å². The summed E-state index contributed by atoms with van der Waals surface area (Å²) in [7, 11) is -0.897. The van der Waals surface area contributed by atoms with E-state index in [1.807, 2.05) is 0 Å². The maximum absolute atomic E-state index is 12.6. The molecular weight excluding hydrogens is 370 g/mol. The smallest absolute Gasteiger partial charge is 0.255 e. The van der Waals surface area contributed by atoms with Crippen LogP contribution in [0.15, 0.2) is 41.3 Å². The largest absolute Gasteiger partial charge is 0.495 e. The summed E-state index contributed by atoms with van der Waals surface area (Å²) in [6.45, 7) is 0. The molecule has 0 atom stereocenters. The zero-order chi connectivity index (χ0) is 19.6. The number of nitrogen functional groups attached to an aromatic ring is 1. The van der Waals surface area contributed by atoms with Gasteiger partial charge in [-0.2, -0.15) is 0 Å². The second kappa shape index (κ2) is 7.45. The highest BCUT2D eigenvalue weighted by molar-refractivity contribution is 7.89. The van der Waals surface area contributed by atoms with Crippen molar-refractivity contribution in [3.05, 3.63) is 42.0 Å². The number of carbonyl (C=O) groups excluding carboxylic acids is 1. The highest BCUT2D eigenvalue weighted by Crippen LogP contribution is 2.29. The molecule has 2 aromatic carbocycles. The molecule has 2 aromatic rings. The van der Waals surface area contributed by atoms with Crippen molar-refractivity contribution in [2.45, 2.75) is 23.8 Å². The number of nitrogens with two attached hydrogens (primary N) is 1. The van der Waals surface area contributed by atoms with Gasteiger partial charge in [-0.25, -0.2) is 13.1 Å². The Morgan fingerprint density at radius 3 is 2.33 bits per heavy atom. The summed E-state index contributed by atoms with van der Waals surface area (Å²) >= 11 is 0. The van der Waals surface area contributed by atoms with E-state index in [1.165, 1.54) is 32.4 Å². The van der Waals surface area contributed by atoms with Gasteiger partial charge in [0.2, 0.25) is 10.0 Å². The first-order chi connectivity index (χ1) is 12.8. The number of carbonyl (C=O) groups is 1. The predicted octanol–water partition coefficient (Wildman–Crippen LogP) is 1.98. The predicted molar refractivity (Wildman–Crippen MR) is 102 cm³/mol. The van der Waals surface area contributed by atoms with Gasteiger partial charge in [-0.15, -0.1) is 0 Å². The first kappa shape index (κ1) is 19.0. The number of hydrogen-bond donors (Lipinski definition) is 3. The summed E-state index contributed by atoms with van der Waals surface area (Å²) in [6, 6.07) is 9.03. The monoisotopic (exact) mass is 391 g/mol. The van der Waals surface area contributed by atoms with Crippen LogP contribution >= 0.6 is 0 Å². The molecule has 144 valence electrons. The van der Waals surface area contributed by atoms with Crippen LogP contribution in [0.3, 0.4) is 0 Å². The van der Waals surface area contributed by atoms with E-state index in [4.69, 9.17) is 15.2 Å². The van der Waals surface area contributed by atoms with Crippen molar-refractivity contribution in [1.82, 2.24) is 4.72 Å². The van der Waals surface area contributed by atoms with Gasteiger partial charge in [-0.05, 0) is 49.2 Å². The summed E-state index contributed by atoms with van der Waals surface area (Å²) in [5, 5.41) is 2.69. The van der Waals surface area contributed by atoms with Gasteiger partial charge in [0.25, 0.3) is 5.91 Å². The third-order valence-electron chi connectivity index (χ3n) is 4.10. The first-order valence-electron chi connectivity index (χ1n) is 8.29. The molecular formula is C18H21N3O5S. The number of ether oxygens (including phenoxy) is 2. The Labute approximate surface area is 157 Å². The van der Waals surface area contributed by atoms with Crippen LogP contribution in [-0.4, -0.2) is 34.6 Å². The van der Waals surface area contributed by atoms with Gasteiger partial charge in [-0.3, -0.25) is 4.79 Å². The van der Waals surface area contributed by atoms with Gasteiger partial charge in [0.05, 0.1) is 19.9 Å². The first-order valence-corrected chi connectivity index (χ1v) is 9.77. The average molecular weight is 391 g/mol. The van der Waals surface area contributed by atoms with Crippen LogP contribution in [0.1, 0.15) is 23.2 Å². The van der Waals surface area contributed by atoms with E-state index in [0.29, 0.717) is 17.1 Å². The van der Waals surface area contributed by atoms with Crippen molar-refractivity contribution in [2.75, 3.05) is 25.3 Å². The maximum atomic E-state index is 12.6. The zero-order valence-electron chi connectivity index (χ0n) is 15.0. The molecule has 0 spiro atoms. The molecule has 0 aliphatic heterocycles. The summed E-state index contributed by atoms with van der Waals surface area (Å²) < 4.78 is 37.9. The number of anilines is 2. The molecule has 0 aromatic heterocycles. The molecule has 1 fully saturated rings. The second-order valence-corrected chi connectivity index (χ2v) is 7.85. The molecule has 3 rings (SSSR count). The minimum absolute atomic E-state index is 0.0561. The number of hydrogen-bond acceptors (Lipinski definition) is 6. The van der Waals surface area contributed by atoms with Crippen molar-refractivity contribution in [2.24, 2.45) is 0 Å². The topological polar surface area (TPSA) is 120 Å². The average Bonchev–Trinajstić information content (AvgIpc) is 3.44. The van der Waals surface area contributed by atoms with Crippen LogP contribution in [0.4, 0.5) is 11.4 Å². The molecule has 0 saturated heterocycles. The summed E-state index contributed by atoms with van der Waals surface area (Å²) in [4.78, 5) is 12.5. The molecule has 1 aliphatic rings. The Bertz CT molecular complexity index is 971. The molecule has 27 heavy (non-hydrogen) atoms. The number of benzene rings is 2. The Morgan fingerprint density at radius 1 is 1.07 bits per heavy atom. The lowest BCUT2D eigenvalue weighted by Gasteiger charge is -2.13. The third kappa shape index (κ3) is 4.32. The molecule has 1 amide bonds. The van der Waals surface area contributed by atoms with E-state index < -0.39 is 15.9 Å². The maximum Gasteiger partial charge on any atom is 0.255 e. The molecule has 9 heteroatoms. The summed E-state index contributed by atoms with van der Waals surface area (Å²) in [5.41, 5.74) is 6.86. The molecule has 4 N–H and O–H groups in total. The fraction of sp³-hybridized carbons (Fsp3) is 0.278. The van der Waals surface area contributed by atoms with Crippen molar-refractivity contribution in [3.63, 3.8) is 0 Å². The van der Waals surface area contributed by atoms with E-state index in [-0.39, 0.29) is 22.3 Å². The number of sulfonamides is 1. The Morgan fingerprint density at radius 2 is 1.74 bits per heavy atom. The van der Waals surface area contributed by atoms with Crippen LogP contribution in [-0.2, 0) is 10.0 Å². The van der Waals surface area contributed by atoms with E-state index in [9.17, 15) is 13.2 Å². The van der Waals surface area contributed by atoms with Crippen LogP contribution in [0, 0.1) is 0 Å². The Balaban J connectivity index is 1.86. The van der Waals surface area contributed by atoms with Gasteiger partial charge in [0.1, 0.15) is 16.4 Å². The lowest BCUT2D eigenvalue weighted by molar-refractivity contribution is 0.102. The molecule has 8 nitrogen and oxygen atoms in total. The molecule has 0 radical (unpaired) electrons. The Hall–Kier alpha value is -2.78. The van der Waals surface area contributed by atoms with E-state index in [2.05, 4.69) is 10.0 Å². The second-order valence-electron chi connectivity index (χ2n) is 6.17. The number of rotatable bonds is 7. The summed E-state index contributed by atoms with van der Waals surface area (Å²) in [5.74, 6) is 0.204. The van der Waals surface area contributed by atoms with E-state index in [0.717, 1.165) is 12.8 Å². The highest BCUT2D eigenvalue weighted by atomic mass is 32.2. The standard InChI is InChI=1S/C18H21N3O5S/c1-25-15-8-6-13(10-14(15)19)20-18(22)11-3-7-16(26-2)17(9-11)27(23,24)21-12-4-5-12/h3,6-10,12,21H,4-5,19H2,1-2H3,(H,20,22). The zero-order valence-corrected chi connectivity index (χ0v) is 15.8. The van der Waals surface area contributed by atoms with Crippen molar-refractivity contribution in [1.29, 1.82) is 0 Å². The van der Waals surface area contributed by atoms with Crippen molar-refractivity contribution < 1.29 is 22.7 Å². The van der Waals surface area contributed by atoms with E-state index >= 15 is 0 Å². The van der Waals surface area contributed by atoms with Crippen LogP contribution in [0.2, 0.25) is 0 Å². The normalized spacial score (nSPS) is 13.9. The third-order valence-corrected chi connectivity index (χ3v) is 5.64. The van der Waals surface area contributed by atoms with Gasteiger partial charge >= 0.3 is 0 Å². The Kier molecular flexibility index (Phi) is 5.24. The van der Waals surface area contributed by atoms with Gasteiger partial charge in [0, 0.05) is 17.3 Å². The minimum Gasteiger partial charge on any atom is -0.495 e. The molecule has 0 unspecified atom stereocenters. The molecule has 1 aliphatic carbocycles. The lowest BCUT2D eigenvalue weighted by Crippen LogP contribution is -2.26. The van der Waals surface area contributed by atoms with Crippen LogP contribution in [0.25, 0.3) is 0 Å². The van der Waals surface area contributed by atoms with Crippen LogP contribution < -0.4 is 25.2 Å². The SMILES string of the molecule is COc1ccc(NC(=O)c2ccc(OC)c(S(=O)(=O)NC3CC3)c2)cc1N. The fourth-order valence-electron chi connectivity index (χ4n) is 2.53. The van der Waals surface area contributed by atoms with Gasteiger partial charge in [-0.1, -0.05) is 0 Å². The fourth-order valence-corrected chi connectivity index (χ4v) is 4.03. The number of methoxy groups -OCH3 is 2. The van der Waals surface area contributed by atoms with Gasteiger partial charge in [0.15, 0.2) is 0 Å². The van der Waals surface area contributed by atoms with Crippen LogP contribution in [0.5, 0.6) is 11.5 Å². The molecule has 0 bridgehead atoms. The number of nitrogens with one attached hydrogen (secondary N) is 2. The molecule has 1 saturated carbocycles. The quantitative estimate of drug-likeness (QED) is 0.621. The molecule has 0 heterocycles. The summed E-state index contributed by atoms with van der Waals surface area (Å²) in [6.07, 6.45) is 1.61. The number of amides is 1. The van der Waals surface area contributed by atoms with E-state index in [1.54, 1.807) is 18.2 Å². The highest BCUT2D eigenvalue weighted by Gasteiger charge is 2.30.